The molecule has 92 valence electrons. The smallest absolute Gasteiger partial charge is 0.0634 e. The van der Waals surface area contributed by atoms with Crippen molar-refractivity contribution in [3.8, 4) is 0 Å². The van der Waals surface area contributed by atoms with Gasteiger partial charge < -0.3 is 9.47 Å². The fourth-order valence-electron chi connectivity index (χ4n) is 1.73. The van der Waals surface area contributed by atoms with Gasteiger partial charge in [0.25, 0.3) is 0 Å². The van der Waals surface area contributed by atoms with Gasteiger partial charge in [0.2, 0.25) is 0 Å². The first-order chi connectivity index (χ1) is 6.77. The zero-order valence-corrected chi connectivity index (χ0v) is 11.4. The summed E-state index contributed by atoms with van der Waals surface area (Å²) in [6, 6.07) is 0. The van der Waals surface area contributed by atoms with Crippen LogP contribution in [0.3, 0.4) is 0 Å². The quantitative estimate of drug-likeness (QED) is 0.603. The molecule has 0 aliphatic carbocycles. The molecule has 0 heterocycles. The van der Waals surface area contributed by atoms with Crippen LogP contribution in [-0.4, -0.2) is 24.4 Å². The first-order valence-corrected chi connectivity index (χ1v) is 6.05. The predicted octanol–water partition coefficient (Wildman–Crippen LogP) is 3.79. The van der Waals surface area contributed by atoms with Gasteiger partial charge in [0.05, 0.1) is 11.2 Å². The van der Waals surface area contributed by atoms with E-state index in [2.05, 4.69) is 41.5 Å². The van der Waals surface area contributed by atoms with Crippen LogP contribution in [-0.2, 0) is 9.47 Å². The molecular weight excluding hydrogens is 188 g/mol. The SMILES string of the molecule is CCCOCCCC(C)(C)OC(C)(C)C. The second-order valence-corrected chi connectivity index (χ2v) is 5.69. The molecule has 0 fully saturated rings. The van der Waals surface area contributed by atoms with E-state index in [9.17, 15) is 0 Å². The maximum absolute atomic E-state index is 5.98. The van der Waals surface area contributed by atoms with Gasteiger partial charge in [-0.1, -0.05) is 6.92 Å². The van der Waals surface area contributed by atoms with Gasteiger partial charge in [-0.15, -0.1) is 0 Å². The molecule has 0 aromatic carbocycles. The van der Waals surface area contributed by atoms with E-state index in [1.165, 1.54) is 0 Å². The first kappa shape index (κ1) is 14.9. The third-order valence-corrected chi connectivity index (χ3v) is 2.00. The van der Waals surface area contributed by atoms with Gasteiger partial charge >= 0.3 is 0 Å². The Labute approximate surface area is 95.3 Å². The number of hydrogen-bond donors (Lipinski definition) is 0. The molecule has 0 N–H and O–H groups in total. The second kappa shape index (κ2) is 6.49. The Hall–Kier alpha value is -0.0800. The molecule has 0 aliphatic heterocycles. The van der Waals surface area contributed by atoms with E-state index in [0.717, 1.165) is 32.5 Å². The standard InChI is InChI=1S/C13H28O2/c1-7-10-14-11-8-9-13(5,6)15-12(2,3)4/h7-11H2,1-6H3. The Balaban J connectivity index is 3.65. The molecule has 0 bridgehead atoms. The average molecular weight is 216 g/mol. The van der Waals surface area contributed by atoms with E-state index in [0.29, 0.717) is 0 Å². The van der Waals surface area contributed by atoms with Crippen molar-refractivity contribution in [1.29, 1.82) is 0 Å². The Kier molecular flexibility index (Phi) is 6.46. The van der Waals surface area contributed by atoms with E-state index in [4.69, 9.17) is 9.47 Å². The summed E-state index contributed by atoms with van der Waals surface area (Å²) in [5.74, 6) is 0. The van der Waals surface area contributed by atoms with Gasteiger partial charge in [-0.2, -0.15) is 0 Å². The van der Waals surface area contributed by atoms with Gasteiger partial charge in [-0.05, 0) is 53.9 Å². The fraction of sp³-hybridized carbons (Fsp3) is 1.00. The molecule has 0 spiro atoms. The minimum absolute atomic E-state index is 0.0478. The van der Waals surface area contributed by atoms with Crippen LogP contribution < -0.4 is 0 Å². The van der Waals surface area contributed by atoms with E-state index in [1.54, 1.807) is 0 Å². The molecule has 0 unspecified atom stereocenters. The van der Waals surface area contributed by atoms with Gasteiger partial charge in [-0.3, -0.25) is 0 Å². The summed E-state index contributed by atoms with van der Waals surface area (Å²) in [6.07, 6.45) is 3.22. The minimum Gasteiger partial charge on any atom is -0.381 e. The van der Waals surface area contributed by atoms with Crippen LogP contribution in [0.5, 0.6) is 0 Å². The molecule has 0 rings (SSSR count). The molecule has 0 atom stereocenters. The van der Waals surface area contributed by atoms with Crippen molar-refractivity contribution >= 4 is 0 Å². The summed E-state index contributed by atoms with van der Waals surface area (Å²) in [5.41, 5.74) is -0.110. The van der Waals surface area contributed by atoms with Gasteiger partial charge in [0.15, 0.2) is 0 Å². The molecular formula is C13H28O2. The van der Waals surface area contributed by atoms with Gasteiger partial charge in [-0.25, -0.2) is 0 Å². The molecule has 0 aromatic rings. The summed E-state index contributed by atoms with van der Waals surface area (Å²) in [6.45, 7) is 14.5. The first-order valence-electron chi connectivity index (χ1n) is 6.05. The third kappa shape index (κ3) is 10.2. The van der Waals surface area contributed by atoms with Crippen LogP contribution in [0.1, 0.15) is 60.8 Å². The number of ether oxygens (including phenoxy) is 2. The lowest BCUT2D eigenvalue weighted by Gasteiger charge is -2.33. The molecule has 0 aliphatic rings. The van der Waals surface area contributed by atoms with Crippen molar-refractivity contribution in [1.82, 2.24) is 0 Å². The lowest BCUT2D eigenvalue weighted by Crippen LogP contribution is -2.35. The number of hydrogen-bond acceptors (Lipinski definition) is 2. The Morgan fingerprint density at radius 3 is 2.00 bits per heavy atom. The van der Waals surface area contributed by atoms with E-state index >= 15 is 0 Å². The van der Waals surface area contributed by atoms with Crippen LogP contribution in [0.4, 0.5) is 0 Å². The van der Waals surface area contributed by atoms with Crippen molar-refractivity contribution < 1.29 is 9.47 Å². The predicted molar refractivity (Wildman–Crippen MR) is 65.3 cm³/mol. The third-order valence-electron chi connectivity index (χ3n) is 2.00. The summed E-state index contributed by atoms with van der Waals surface area (Å²) in [4.78, 5) is 0. The summed E-state index contributed by atoms with van der Waals surface area (Å²) in [7, 11) is 0. The number of rotatable bonds is 7. The zero-order valence-electron chi connectivity index (χ0n) is 11.4. The molecule has 0 saturated carbocycles. The van der Waals surface area contributed by atoms with Crippen molar-refractivity contribution in [2.45, 2.75) is 72.0 Å². The molecule has 2 nitrogen and oxygen atoms in total. The lowest BCUT2D eigenvalue weighted by atomic mass is 10.0. The highest BCUT2D eigenvalue weighted by Gasteiger charge is 2.24. The van der Waals surface area contributed by atoms with Crippen LogP contribution in [0.2, 0.25) is 0 Å². The van der Waals surface area contributed by atoms with Crippen molar-refractivity contribution in [2.24, 2.45) is 0 Å². The monoisotopic (exact) mass is 216 g/mol. The maximum Gasteiger partial charge on any atom is 0.0634 e. The maximum atomic E-state index is 5.98. The van der Waals surface area contributed by atoms with Crippen LogP contribution in [0.15, 0.2) is 0 Å². The highest BCUT2D eigenvalue weighted by Crippen LogP contribution is 2.23. The zero-order chi connectivity index (χ0) is 11.9. The molecule has 2 heteroatoms. The molecule has 0 amide bonds. The van der Waals surface area contributed by atoms with Gasteiger partial charge in [0, 0.05) is 13.2 Å². The summed E-state index contributed by atoms with van der Waals surface area (Å²) >= 11 is 0. The Morgan fingerprint density at radius 2 is 1.53 bits per heavy atom. The van der Waals surface area contributed by atoms with Crippen LogP contribution in [0.25, 0.3) is 0 Å². The molecule has 0 saturated heterocycles. The van der Waals surface area contributed by atoms with E-state index < -0.39 is 0 Å². The topological polar surface area (TPSA) is 18.5 Å². The lowest BCUT2D eigenvalue weighted by molar-refractivity contribution is -0.118. The molecule has 0 radical (unpaired) electrons. The van der Waals surface area contributed by atoms with Crippen LogP contribution >= 0.6 is 0 Å². The Bertz CT molecular complexity index is 156. The van der Waals surface area contributed by atoms with Gasteiger partial charge in [0.1, 0.15) is 0 Å². The summed E-state index contributed by atoms with van der Waals surface area (Å²) in [5, 5.41) is 0. The van der Waals surface area contributed by atoms with E-state index in [1.807, 2.05) is 0 Å². The molecule has 0 aromatic heterocycles. The molecule has 15 heavy (non-hydrogen) atoms. The van der Waals surface area contributed by atoms with Crippen molar-refractivity contribution in [3.63, 3.8) is 0 Å². The Morgan fingerprint density at radius 1 is 0.933 bits per heavy atom. The summed E-state index contributed by atoms with van der Waals surface area (Å²) < 4.78 is 11.4. The second-order valence-electron chi connectivity index (χ2n) is 5.69. The highest BCUT2D eigenvalue weighted by atomic mass is 16.5. The average Bonchev–Trinajstić information content (AvgIpc) is 1.99. The normalized spacial score (nSPS) is 13.2. The van der Waals surface area contributed by atoms with Crippen molar-refractivity contribution in [3.05, 3.63) is 0 Å². The van der Waals surface area contributed by atoms with E-state index in [-0.39, 0.29) is 11.2 Å². The van der Waals surface area contributed by atoms with Crippen molar-refractivity contribution in [2.75, 3.05) is 13.2 Å². The minimum atomic E-state index is -0.0617. The fourth-order valence-corrected chi connectivity index (χ4v) is 1.73. The highest BCUT2D eigenvalue weighted by molar-refractivity contribution is 4.73. The van der Waals surface area contributed by atoms with Crippen LogP contribution in [0, 0.1) is 0 Å². The largest absolute Gasteiger partial charge is 0.381 e.